The summed E-state index contributed by atoms with van der Waals surface area (Å²) in [4.78, 5) is 7.13. The highest BCUT2D eigenvalue weighted by molar-refractivity contribution is 5.90. The summed E-state index contributed by atoms with van der Waals surface area (Å²) in [6.45, 7) is 5.21. The maximum atomic E-state index is 4.65. The number of aromatic amines is 1. The number of nitrogens with one attached hydrogen (secondary N) is 3. The van der Waals surface area contributed by atoms with Gasteiger partial charge in [-0.1, -0.05) is 30.3 Å². The molecule has 1 atom stereocenters. The van der Waals surface area contributed by atoms with E-state index in [-0.39, 0.29) is 0 Å². The summed E-state index contributed by atoms with van der Waals surface area (Å²) in [5.41, 5.74) is 4.35. The Kier molecular flexibility index (Phi) is 5.53. The summed E-state index contributed by atoms with van der Waals surface area (Å²) in [7, 11) is 0. The zero-order chi connectivity index (χ0) is 22.0. The highest BCUT2D eigenvalue weighted by atomic mass is 15.3. The molecule has 2 aliphatic rings. The van der Waals surface area contributed by atoms with Gasteiger partial charge in [-0.15, -0.1) is 0 Å². The Morgan fingerprint density at radius 1 is 1.03 bits per heavy atom. The number of aromatic nitrogens is 5. The van der Waals surface area contributed by atoms with Gasteiger partial charge in [0.15, 0.2) is 11.5 Å². The molecule has 2 aliphatic heterocycles. The van der Waals surface area contributed by atoms with Crippen LogP contribution in [0.3, 0.4) is 0 Å². The summed E-state index contributed by atoms with van der Waals surface area (Å²) in [6, 6.07) is 13.7. The molecule has 6 rings (SSSR count). The van der Waals surface area contributed by atoms with Crippen LogP contribution >= 0.6 is 0 Å². The number of hydrogen-bond acceptors (Lipinski definition) is 6. The maximum absolute atomic E-state index is 4.65. The number of pyridine rings is 1. The summed E-state index contributed by atoms with van der Waals surface area (Å²) in [6.07, 6.45) is 9.37. The van der Waals surface area contributed by atoms with Crippen molar-refractivity contribution in [2.24, 2.45) is 0 Å². The molecule has 33 heavy (non-hydrogen) atoms. The van der Waals surface area contributed by atoms with Crippen LogP contribution in [0.25, 0.3) is 22.2 Å². The van der Waals surface area contributed by atoms with Gasteiger partial charge in [-0.05, 0) is 44.0 Å². The fourth-order valence-corrected chi connectivity index (χ4v) is 5.06. The molecule has 2 fully saturated rings. The minimum absolute atomic E-state index is 0.381. The number of likely N-dealkylation sites (tertiary alicyclic amines) is 1. The zero-order valence-corrected chi connectivity index (χ0v) is 18.7. The van der Waals surface area contributed by atoms with Crippen LogP contribution in [-0.4, -0.2) is 62.1 Å². The Morgan fingerprint density at radius 3 is 2.79 bits per heavy atom. The van der Waals surface area contributed by atoms with E-state index < -0.39 is 0 Å². The molecule has 2 saturated heterocycles. The molecule has 1 aromatic carbocycles. The third-order valence-electron chi connectivity index (χ3n) is 6.90. The molecule has 0 radical (unpaired) electrons. The van der Waals surface area contributed by atoms with E-state index in [1.54, 1.807) is 0 Å². The predicted molar refractivity (Wildman–Crippen MR) is 130 cm³/mol. The van der Waals surface area contributed by atoms with Gasteiger partial charge in [-0.2, -0.15) is 10.2 Å². The highest BCUT2D eigenvalue weighted by Gasteiger charge is 2.24. The normalized spacial score (nSPS) is 19.9. The van der Waals surface area contributed by atoms with Gasteiger partial charge in [0.1, 0.15) is 0 Å². The van der Waals surface area contributed by atoms with Crippen LogP contribution in [-0.2, 0) is 6.54 Å². The van der Waals surface area contributed by atoms with Crippen molar-refractivity contribution in [3.63, 3.8) is 0 Å². The van der Waals surface area contributed by atoms with Gasteiger partial charge >= 0.3 is 0 Å². The van der Waals surface area contributed by atoms with Gasteiger partial charge in [-0.25, -0.2) is 4.98 Å². The third kappa shape index (κ3) is 4.36. The van der Waals surface area contributed by atoms with Crippen molar-refractivity contribution in [1.29, 1.82) is 0 Å². The molecular formula is C25H30N8. The van der Waals surface area contributed by atoms with E-state index in [9.17, 15) is 0 Å². The first kappa shape index (κ1) is 20.4. The van der Waals surface area contributed by atoms with Crippen LogP contribution in [0.2, 0.25) is 0 Å². The first-order valence-corrected chi connectivity index (χ1v) is 11.9. The van der Waals surface area contributed by atoms with E-state index in [4.69, 9.17) is 0 Å². The van der Waals surface area contributed by atoms with E-state index in [2.05, 4.69) is 83.1 Å². The number of hydrogen-bond donors (Lipinski definition) is 3. The summed E-state index contributed by atoms with van der Waals surface area (Å²) in [5, 5.41) is 20.4. The molecule has 5 heterocycles. The molecule has 8 heteroatoms. The first-order valence-electron chi connectivity index (χ1n) is 11.9. The zero-order valence-electron chi connectivity index (χ0n) is 18.7. The largest absolute Gasteiger partial charge is 0.364 e. The third-order valence-corrected chi connectivity index (χ3v) is 6.90. The topological polar surface area (TPSA) is 86.7 Å². The van der Waals surface area contributed by atoms with Gasteiger partial charge in [0.25, 0.3) is 0 Å². The van der Waals surface area contributed by atoms with Crippen molar-refractivity contribution in [2.75, 3.05) is 31.5 Å². The Labute approximate surface area is 193 Å². The minimum atomic E-state index is 0.381. The van der Waals surface area contributed by atoms with Gasteiger partial charge in [0.05, 0.1) is 17.6 Å². The number of piperidine rings is 1. The lowest BCUT2D eigenvalue weighted by molar-refractivity contribution is 0.328. The molecule has 0 unspecified atom stereocenters. The van der Waals surface area contributed by atoms with E-state index in [1.165, 1.54) is 5.56 Å². The predicted octanol–water partition coefficient (Wildman–Crippen LogP) is 3.43. The molecule has 0 aliphatic carbocycles. The van der Waals surface area contributed by atoms with Crippen LogP contribution in [0.4, 0.5) is 5.82 Å². The van der Waals surface area contributed by atoms with E-state index >= 15 is 0 Å². The number of anilines is 1. The molecule has 3 aromatic heterocycles. The average Bonchev–Trinajstić information content (AvgIpc) is 3.61. The average molecular weight is 443 g/mol. The van der Waals surface area contributed by atoms with Crippen molar-refractivity contribution in [3.05, 3.63) is 60.6 Å². The monoisotopic (exact) mass is 442 g/mol. The van der Waals surface area contributed by atoms with Crippen molar-refractivity contribution >= 4 is 16.9 Å². The first-order chi connectivity index (χ1) is 16.3. The molecule has 0 spiro atoms. The van der Waals surface area contributed by atoms with Crippen LogP contribution in [0.1, 0.15) is 30.9 Å². The lowest BCUT2D eigenvalue weighted by Crippen LogP contribution is -2.29. The molecule has 8 nitrogen and oxygen atoms in total. The number of fused-ring (bicyclic) bond motifs is 1. The second kappa shape index (κ2) is 8.96. The van der Waals surface area contributed by atoms with Gasteiger partial charge in [0.2, 0.25) is 0 Å². The number of nitrogens with zero attached hydrogens (tertiary/aromatic N) is 5. The second-order valence-corrected chi connectivity index (χ2v) is 9.23. The fraction of sp³-hybridized carbons (Fsp3) is 0.400. The summed E-state index contributed by atoms with van der Waals surface area (Å²) < 4.78 is 2.12. The van der Waals surface area contributed by atoms with Gasteiger partial charge in [-0.3, -0.25) is 14.7 Å². The quantitative estimate of drug-likeness (QED) is 0.424. The molecule has 0 saturated carbocycles. The molecular weight excluding hydrogens is 412 g/mol. The lowest BCUT2D eigenvalue weighted by Gasteiger charge is -2.22. The molecule has 4 aromatic rings. The Morgan fingerprint density at radius 2 is 1.91 bits per heavy atom. The van der Waals surface area contributed by atoms with Crippen LogP contribution in [0.15, 0.2) is 55.0 Å². The van der Waals surface area contributed by atoms with Crippen LogP contribution in [0.5, 0.6) is 0 Å². The number of benzene rings is 1. The van der Waals surface area contributed by atoms with Crippen molar-refractivity contribution in [1.82, 2.24) is 35.2 Å². The molecule has 3 N–H and O–H groups in total. The summed E-state index contributed by atoms with van der Waals surface area (Å²) >= 11 is 0. The smallest absolute Gasteiger partial charge is 0.157 e. The SMILES string of the molecule is c1ccc(CN2CC[C@@H](Nc3n[nH]c4ncc(-c5cnn(C6CCNCC6)c5)cc34)C2)cc1. The minimum Gasteiger partial charge on any atom is -0.364 e. The summed E-state index contributed by atoms with van der Waals surface area (Å²) in [5.74, 6) is 0.886. The molecule has 170 valence electrons. The van der Waals surface area contributed by atoms with E-state index in [0.717, 1.165) is 80.0 Å². The number of rotatable bonds is 6. The molecule has 0 bridgehead atoms. The van der Waals surface area contributed by atoms with Gasteiger partial charge in [0, 0.05) is 49.2 Å². The van der Waals surface area contributed by atoms with Crippen molar-refractivity contribution in [3.8, 4) is 11.1 Å². The van der Waals surface area contributed by atoms with E-state index in [1.807, 2.05) is 12.4 Å². The number of H-pyrrole nitrogens is 1. The Hall–Kier alpha value is -3.23. The van der Waals surface area contributed by atoms with Crippen LogP contribution in [0, 0.1) is 0 Å². The second-order valence-electron chi connectivity index (χ2n) is 9.23. The Bertz CT molecular complexity index is 1210. The fourth-order valence-electron chi connectivity index (χ4n) is 5.06. The van der Waals surface area contributed by atoms with Crippen molar-refractivity contribution < 1.29 is 0 Å². The van der Waals surface area contributed by atoms with E-state index in [0.29, 0.717) is 12.1 Å². The standard InChI is InChI=1S/C25H30N8/c1-2-4-18(5-3-1)15-32-11-8-21(17-32)29-25-23-12-19(13-27-24(23)30-31-25)20-14-28-33(16-20)22-6-9-26-10-7-22/h1-5,12-14,16,21-22,26H,6-11,15,17H2,(H2,27,29,30,31)/t21-/m1/s1. The Balaban J connectivity index is 1.16. The highest BCUT2D eigenvalue weighted by Crippen LogP contribution is 2.28. The lowest BCUT2D eigenvalue weighted by atomic mass is 10.1. The van der Waals surface area contributed by atoms with Crippen molar-refractivity contribution in [2.45, 2.75) is 37.9 Å². The van der Waals surface area contributed by atoms with Gasteiger partial charge < -0.3 is 10.6 Å². The molecule has 0 amide bonds. The maximum Gasteiger partial charge on any atom is 0.157 e. The van der Waals surface area contributed by atoms with Crippen LogP contribution < -0.4 is 10.6 Å².